The summed E-state index contributed by atoms with van der Waals surface area (Å²) in [6, 6.07) is 9.53. The first-order valence-corrected chi connectivity index (χ1v) is 6.54. The van der Waals surface area contributed by atoms with Crippen LogP contribution in [0.4, 0.5) is 0 Å². The molecule has 1 aliphatic rings. The third-order valence-corrected chi connectivity index (χ3v) is 3.45. The van der Waals surface area contributed by atoms with E-state index in [0.29, 0.717) is 6.42 Å². The fourth-order valence-electron chi connectivity index (χ4n) is 2.42. The highest BCUT2D eigenvalue weighted by molar-refractivity contribution is 5.79. The van der Waals surface area contributed by atoms with E-state index in [4.69, 9.17) is 4.74 Å². The van der Waals surface area contributed by atoms with Gasteiger partial charge in [-0.25, -0.2) is 0 Å². The normalized spacial score (nSPS) is 16.0. The third-order valence-electron chi connectivity index (χ3n) is 3.45. The van der Waals surface area contributed by atoms with E-state index in [1.807, 2.05) is 30.3 Å². The Balaban J connectivity index is 1.64. The average molecular weight is 232 g/mol. The first-order valence-electron chi connectivity index (χ1n) is 6.54. The number of benzene rings is 1. The molecule has 0 amide bonds. The molecule has 0 unspecified atom stereocenters. The standard InChI is InChI=1S/C15H20O2/c16-14(11-10-13-6-4-5-7-13)12-17-15-8-2-1-3-9-15/h1-3,8-9,13H,4-7,10-12H2. The third kappa shape index (κ3) is 4.22. The van der Waals surface area contributed by atoms with Gasteiger partial charge < -0.3 is 4.74 Å². The predicted octanol–water partition coefficient (Wildman–Crippen LogP) is 3.60. The zero-order valence-electron chi connectivity index (χ0n) is 10.2. The molecular weight excluding hydrogens is 212 g/mol. The van der Waals surface area contributed by atoms with Crippen LogP contribution in [0, 0.1) is 5.92 Å². The van der Waals surface area contributed by atoms with Gasteiger partial charge in [0.15, 0.2) is 5.78 Å². The highest BCUT2D eigenvalue weighted by atomic mass is 16.5. The Bertz CT molecular complexity index is 339. The van der Waals surface area contributed by atoms with Crippen LogP contribution < -0.4 is 4.74 Å². The maximum absolute atomic E-state index is 11.6. The van der Waals surface area contributed by atoms with Crippen molar-refractivity contribution in [2.75, 3.05) is 6.61 Å². The number of Topliss-reactive ketones (excluding diaryl/α,β-unsaturated/α-hetero) is 1. The van der Waals surface area contributed by atoms with Crippen LogP contribution >= 0.6 is 0 Å². The van der Waals surface area contributed by atoms with E-state index in [9.17, 15) is 4.79 Å². The monoisotopic (exact) mass is 232 g/mol. The largest absolute Gasteiger partial charge is 0.486 e. The lowest BCUT2D eigenvalue weighted by molar-refractivity contribution is -0.121. The van der Waals surface area contributed by atoms with Crippen molar-refractivity contribution < 1.29 is 9.53 Å². The molecule has 0 spiro atoms. The quantitative estimate of drug-likeness (QED) is 0.749. The molecule has 0 saturated heterocycles. The summed E-state index contributed by atoms with van der Waals surface area (Å²) in [5.74, 6) is 1.79. The average Bonchev–Trinajstić information content (AvgIpc) is 2.88. The summed E-state index contributed by atoms with van der Waals surface area (Å²) in [5.41, 5.74) is 0. The first-order chi connectivity index (χ1) is 8.34. The first kappa shape index (κ1) is 12.2. The van der Waals surface area contributed by atoms with Gasteiger partial charge in [-0.3, -0.25) is 4.79 Å². The Labute approximate surface area is 103 Å². The molecule has 0 atom stereocenters. The lowest BCUT2D eigenvalue weighted by Crippen LogP contribution is -2.12. The van der Waals surface area contributed by atoms with Crippen molar-refractivity contribution in [1.29, 1.82) is 0 Å². The van der Waals surface area contributed by atoms with Crippen LogP contribution in [0.2, 0.25) is 0 Å². The SMILES string of the molecule is O=C(CCC1CCCC1)COc1ccccc1. The molecule has 0 heterocycles. The molecule has 0 aromatic heterocycles. The van der Waals surface area contributed by atoms with Gasteiger partial charge in [-0.05, 0) is 24.5 Å². The fraction of sp³-hybridized carbons (Fsp3) is 0.533. The van der Waals surface area contributed by atoms with Crippen LogP contribution in [0.15, 0.2) is 30.3 Å². The number of rotatable bonds is 6. The van der Waals surface area contributed by atoms with E-state index in [1.54, 1.807) is 0 Å². The number of ether oxygens (including phenoxy) is 1. The van der Waals surface area contributed by atoms with E-state index in [2.05, 4.69) is 0 Å². The summed E-state index contributed by atoms with van der Waals surface area (Å²) in [6.07, 6.45) is 7.05. The Morgan fingerprint density at radius 2 is 1.88 bits per heavy atom. The number of carbonyl (C=O) groups excluding carboxylic acids is 1. The Morgan fingerprint density at radius 1 is 1.18 bits per heavy atom. The Hall–Kier alpha value is -1.31. The summed E-state index contributed by atoms with van der Waals surface area (Å²) in [4.78, 5) is 11.6. The van der Waals surface area contributed by atoms with Crippen molar-refractivity contribution in [3.63, 3.8) is 0 Å². The van der Waals surface area contributed by atoms with Crippen molar-refractivity contribution in [3.05, 3.63) is 30.3 Å². The lowest BCUT2D eigenvalue weighted by Gasteiger charge is -2.08. The zero-order chi connectivity index (χ0) is 11.9. The van der Waals surface area contributed by atoms with E-state index < -0.39 is 0 Å². The molecule has 2 heteroatoms. The van der Waals surface area contributed by atoms with Gasteiger partial charge in [-0.1, -0.05) is 43.9 Å². The van der Waals surface area contributed by atoms with E-state index in [-0.39, 0.29) is 12.4 Å². The van der Waals surface area contributed by atoms with Crippen LogP contribution in [0.3, 0.4) is 0 Å². The molecule has 0 radical (unpaired) electrons. The molecular formula is C15H20O2. The van der Waals surface area contributed by atoms with Crippen molar-refractivity contribution in [2.24, 2.45) is 5.92 Å². The van der Waals surface area contributed by atoms with Crippen molar-refractivity contribution in [3.8, 4) is 5.75 Å². The smallest absolute Gasteiger partial charge is 0.170 e. The molecule has 1 saturated carbocycles. The second-order valence-electron chi connectivity index (χ2n) is 4.83. The molecule has 1 aliphatic carbocycles. The fourth-order valence-corrected chi connectivity index (χ4v) is 2.42. The van der Waals surface area contributed by atoms with E-state index in [0.717, 1.165) is 18.1 Å². The van der Waals surface area contributed by atoms with Gasteiger partial charge >= 0.3 is 0 Å². The van der Waals surface area contributed by atoms with Crippen LogP contribution in [0.1, 0.15) is 38.5 Å². The van der Waals surface area contributed by atoms with Crippen LogP contribution in [-0.4, -0.2) is 12.4 Å². The van der Waals surface area contributed by atoms with E-state index in [1.165, 1.54) is 25.7 Å². The summed E-state index contributed by atoms with van der Waals surface area (Å²) in [7, 11) is 0. The predicted molar refractivity (Wildman–Crippen MR) is 68.1 cm³/mol. The summed E-state index contributed by atoms with van der Waals surface area (Å²) >= 11 is 0. The van der Waals surface area contributed by atoms with Gasteiger partial charge in [0, 0.05) is 6.42 Å². The maximum Gasteiger partial charge on any atom is 0.170 e. The van der Waals surface area contributed by atoms with Crippen molar-refractivity contribution in [1.82, 2.24) is 0 Å². The molecule has 0 bridgehead atoms. The van der Waals surface area contributed by atoms with Crippen LogP contribution in [0.25, 0.3) is 0 Å². The zero-order valence-corrected chi connectivity index (χ0v) is 10.2. The minimum atomic E-state index is 0.219. The minimum Gasteiger partial charge on any atom is -0.486 e. The summed E-state index contributed by atoms with van der Waals surface area (Å²) < 4.78 is 5.43. The Kier molecular flexibility index (Phi) is 4.60. The van der Waals surface area contributed by atoms with Gasteiger partial charge in [0.05, 0.1) is 0 Å². The lowest BCUT2D eigenvalue weighted by atomic mass is 10.0. The highest BCUT2D eigenvalue weighted by Crippen LogP contribution is 2.28. The van der Waals surface area contributed by atoms with Crippen LogP contribution in [-0.2, 0) is 4.79 Å². The molecule has 1 fully saturated rings. The second kappa shape index (κ2) is 6.43. The maximum atomic E-state index is 11.6. The van der Waals surface area contributed by atoms with Gasteiger partial charge in [0.25, 0.3) is 0 Å². The van der Waals surface area contributed by atoms with Gasteiger partial charge in [-0.2, -0.15) is 0 Å². The number of para-hydroxylation sites is 1. The number of carbonyl (C=O) groups is 1. The van der Waals surface area contributed by atoms with Gasteiger partial charge in [-0.15, -0.1) is 0 Å². The number of hydrogen-bond donors (Lipinski definition) is 0. The summed E-state index contributed by atoms with van der Waals surface area (Å²) in [6.45, 7) is 0.219. The van der Waals surface area contributed by atoms with Crippen LogP contribution in [0.5, 0.6) is 5.75 Å². The highest BCUT2D eigenvalue weighted by Gasteiger charge is 2.16. The topological polar surface area (TPSA) is 26.3 Å². The molecule has 0 N–H and O–H groups in total. The van der Waals surface area contributed by atoms with Crippen molar-refractivity contribution >= 4 is 5.78 Å². The van der Waals surface area contributed by atoms with Crippen molar-refractivity contribution in [2.45, 2.75) is 38.5 Å². The molecule has 2 rings (SSSR count). The second-order valence-corrected chi connectivity index (χ2v) is 4.83. The molecule has 1 aromatic carbocycles. The number of ketones is 1. The molecule has 0 aliphatic heterocycles. The molecule has 92 valence electrons. The van der Waals surface area contributed by atoms with Gasteiger partial charge in [0.2, 0.25) is 0 Å². The molecule has 1 aromatic rings. The van der Waals surface area contributed by atoms with E-state index >= 15 is 0 Å². The molecule has 2 nitrogen and oxygen atoms in total. The van der Waals surface area contributed by atoms with Gasteiger partial charge in [0.1, 0.15) is 12.4 Å². The number of hydrogen-bond acceptors (Lipinski definition) is 2. The minimum absolute atomic E-state index is 0.219. The summed E-state index contributed by atoms with van der Waals surface area (Å²) in [5, 5.41) is 0. The Morgan fingerprint density at radius 3 is 2.59 bits per heavy atom. The molecule has 17 heavy (non-hydrogen) atoms.